The van der Waals surface area contributed by atoms with Crippen molar-refractivity contribution >= 4 is 23.8 Å². The molecule has 2 nitrogen and oxygen atoms in total. The van der Waals surface area contributed by atoms with Crippen molar-refractivity contribution in [2.75, 3.05) is 0 Å². The summed E-state index contributed by atoms with van der Waals surface area (Å²) in [7, 11) is 0. The predicted octanol–water partition coefficient (Wildman–Crippen LogP) is 6.36. The fourth-order valence-electron chi connectivity index (χ4n) is 2.18. The Labute approximate surface area is 145 Å². The van der Waals surface area contributed by atoms with E-state index in [0.717, 1.165) is 23.4 Å². The van der Waals surface area contributed by atoms with Crippen molar-refractivity contribution in [2.45, 2.75) is 27.2 Å². The maximum absolute atomic E-state index is 4.63. The van der Waals surface area contributed by atoms with E-state index in [1.54, 1.807) is 0 Å². The van der Waals surface area contributed by atoms with Crippen molar-refractivity contribution < 1.29 is 0 Å². The number of nitrogens with zero attached hydrogens (tertiary/aromatic N) is 2. The number of hydrogen-bond donors (Lipinski definition) is 0. The molecule has 0 spiro atoms. The highest BCUT2D eigenvalue weighted by atomic mass is 14.8. The number of para-hydroxylation sites is 2. The van der Waals surface area contributed by atoms with Crippen LogP contribution in [0.2, 0.25) is 0 Å². The van der Waals surface area contributed by atoms with Crippen molar-refractivity contribution in [1.29, 1.82) is 0 Å². The molecule has 0 heterocycles. The van der Waals surface area contributed by atoms with Crippen LogP contribution in [0, 0.1) is 6.92 Å². The Morgan fingerprint density at radius 3 is 2.29 bits per heavy atom. The molecule has 0 atom stereocenters. The lowest BCUT2D eigenvalue weighted by atomic mass is 10.1. The van der Waals surface area contributed by atoms with E-state index in [-0.39, 0.29) is 0 Å². The first-order valence-corrected chi connectivity index (χ1v) is 8.29. The van der Waals surface area contributed by atoms with E-state index in [2.05, 4.69) is 42.0 Å². The molecule has 0 radical (unpaired) electrons. The lowest BCUT2D eigenvalue weighted by Crippen LogP contribution is -1.85. The van der Waals surface area contributed by atoms with Crippen LogP contribution in [0.1, 0.15) is 31.4 Å². The van der Waals surface area contributed by atoms with E-state index in [4.69, 9.17) is 0 Å². The Bertz CT molecular complexity index is 780. The summed E-state index contributed by atoms with van der Waals surface area (Å²) in [5, 5.41) is 0. The fourth-order valence-corrected chi connectivity index (χ4v) is 2.18. The number of aryl methyl sites for hydroxylation is 1. The van der Waals surface area contributed by atoms with E-state index in [1.165, 1.54) is 11.1 Å². The molecule has 0 N–H and O–H groups in total. The minimum Gasteiger partial charge on any atom is -0.254 e. The summed E-state index contributed by atoms with van der Waals surface area (Å²) in [4.78, 5) is 9.26. The summed E-state index contributed by atoms with van der Waals surface area (Å²) < 4.78 is 0. The van der Waals surface area contributed by atoms with Crippen molar-refractivity contribution in [3.8, 4) is 0 Å². The molecule has 2 aromatic rings. The predicted molar refractivity (Wildman–Crippen MR) is 106 cm³/mol. The minimum atomic E-state index is 0.874. The van der Waals surface area contributed by atoms with E-state index < -0.39 is 0 Å². The van der Waals surface area contributed by atoms with Gasteiger partial charge in [0.1, 0.15) is 0 Å². The maximum atomic E-state index is 4.63. The molecule has 122 valence electrons. The topological polar surface area (TPSA) is 24.7 Å². The first-order chi connectivity index (χ1) is 11.7. The zero-order valence-corrected chi connectivity index (χ0v) is 14.6. The molecular formula is C22H24N2. The molecule has 24 heavy (non-hydrogen) atoms. The van der Waals surface area contributed by atoms with Crippen molar-refractivity contribution in [2.24, 2.45) is 9.98 Å². The molecule has 0 aliphatic carbocycles. The van der Waals surface area contributed by atoms with E-state index in [0.29, 0.717) is 0 Å². The van der Waals surface area contributed by atoms with Crippen LogP contribution in [-0.2, 0) is 0 Å². The first kappa shape index (κ1) is 17.6. The second-order valence-electron chi connectivity index (χ2n) is 5.48. The van der Waals surface area contributed by atoms with Crippen molar-refractivity contribution in [3.63, 3.8) is 0 Å². The average Bonchev–Trinajstić information content (AvgIpc) is 2.62. The molecule has 0 aliphatic rings. The van der Waals surface area contributed by atoms with Gasteiger partial charge < -0.3 is 0 Å². The second kappa shape index (κ2) is 9.41. The summed E-state index contributed by atoms with van der Waals surface area (Å²) in [5.41, 5.74) is 5.27. The lowest BCUT2D eigenvalue weighted by Gasteiger charge is -2.02. The molecule has 0 saturated carbocycles. The number of aliphatic imine (C=N–C) groups is 2. The van der Waals surface area contributed by atoms with Gasteiger partial charge in [0, 0.05) is 12.4 Å². The van der Waals surface area contributed by atoms with Gasteiger partial charge in [-0.25, -0.2) is 0 Å². The highest BCUT2D eigenvalue weighted by Crippen LogP contribution is 2.27. The van der Waals surface area contributed by atoms with Crippen molar-refractivity contribution in [3.05, 3.63) is 83.5 Å². The molecule has 0 saturated heterocycles. The van der Waals surface area contributed by atoms with Gasteiger partial charge in [-0.2, -0.15) is 0 Å². The van der Waals surface area contributed by atoms with Gasteiger partial charge in [0.15, 0.2) is 0 Å². The van der Waals surface area contributed by atoms with Crippen molar-refractivity contribution in [1.82, 2.24) is 0 Å². The summed E-state index contributed by atoms with van der Waals surface area (Å²) in [6.07, 6.45) is 10.9. The Morgan fingerprint density at radius 1 is 0.958 bits per heavy atom. The quantitative estimate of drug-likeness (QED) is 0.437. The lowest BCUT2D eigenvalue weighted by molar-refractivity contribution is 1.18. The SMILES string of the molecule is C/C=C\C=C(\C=Nc1ccccc1N=Cc1ccccc1C)CC. The summed E-state index contributed by atoms with van der Waals surface area (Å²) in [6, 6.07) is 16.2. The van der Waals surface area contributed by atoms with Crippen LogP contribution in [0.4, 0.5) is 11.4 Å². The monoisotopic (exact) mass is 316 g/mol. The Morgan fingerprint density at radius 2 is 1.62 bits per heavy atom. The average molecular weight is 316 g/mol. The third-order valence-corrected chi connectivity index (χ3v) is 3.69. The van der Waals surface area contributed by atoms with Gasteiger partial charge in [0.25, 0.3) is 0 Å². The molecular weight excluding hydrogens is 292 g/mol. The summed E-state index contributed by atoms with van der Waals surface area (Å²) in [6.45, 7) is 6.23. The van der Waals surface area contributed by atoms with E-state index in [9.17, 15) is 0 Å². The van der Waals surface area contributed by atoms with Crippen LogP contribution >= 0.6 is 0 Å². The van der Waals surface area contributed by atoms with Crippen LogP contribution < -0.4 is 0 Å². The number of allylic oxidation sites excluding steroid dienone is 4. The largest absolute Gasteiger partial charge is 0.254 e. The standard InChI is InChI=1S/C22H24N2/c1-4-6-12-19(5-2)16-23-21-14-9-10-15-22(21)24-17-20-13-8-7-11-18(20)3/h4,6-17H,5H2,1-3H3/b6-4-,19-12+,23-16?,24-17?. The molecule has 0 amide bonds. The Kier molecular flexibility index (Phi) is 6.91. The third kappa shape index (κ3) is 5.17. The van der Waals surface area contributed by atoms with Gasteiger partial charge in [-0.1, -0.05) is 61.5 Å². The minimum absolute atomic E-state index is 0.874. The van der Waals surface area contributed by atoms with Crippen LogP contribution in [0.25, 0.3) is 0 Å². The van der Waals surface area contributed by atoms with Crippen LogP contribution in [-0.4, -0.2) is 12.4 Å². The number of rotatable bonds is 6. The second-order valence-corrected chi connectivity index (χ2v) is 5.48. The molecule has 2 heteroatoms. The summed E-state index contributed by atoms with van der Waals surface area (Å²) >= 11 is 0. The molecule has 0 bridgehead atoms. The van der Waals surface area contributed by atoms with Gasteiger partial charge >= 0.3 is 0 Å². The zero-order valence-electron chi connectivity index (χ0n) is 14.6. The molecule has 0 unspecified atom stereocenters. The molecule has 0 fully saturated rings. The van der Waals surface area contributed by atoms with Gasteiger partial charge in [-0.15, -0.1) is 0 Å². The van der Waals surface area contributed by atoms with Crippen LogP contribution in [0.3, 0.4) is 0 Å². The van der Waals surface area contributed by atoms with Gasteiger partial charge in [-0.3, -0.25) is 9.98 Å². The molecule has 0 aliphatic heterocycles. The Balaban J connectivity index is 2.26. The third-order valence-electron chi connectivity index (χ3n) is 3.69. The van der Waals surface area contributed by atoms with E-state index >= 15 is 0 Å². The zero-order chi connectivity index (χ0) is 17.2. The highest BCUT2D eigenvalue weighted by molar-refractivity contribution is 5.87. The molecule has 2 aromatic carbocycles. The van der Waals surface area contributed by atoms with Crippen LogP contribution in [0.15, 0.2) is 82.3 Å². The normalized spacial score (nSPS) is 12.7. The molecule has 0 aromatic heterocycles. The molecule has 2 rings (SSSR count). The van der Waals surface area contributed by atoms with Crippen LogP contribution in [0.5, 0.6) is 0 Å². The first-order valence-electron chi connectivity index (χ1n) is 8.29. The number of hydrogen-bond acceptors (Lipinski definition) is 2. The van der Waals surface area contributed by atoms with Gasteiger partial charge in [-0.05, 0) is 49.1 Å². The fraction of sp³-hybridized carbons (Fsp3) is 0.182. The maximum Gasteiger partial charge on any atom is 0.0886 e. The van der Waals surface area contributed by atoms with Gasteiger partial charge in [0.05, 0.1) is 11.4 Å². The summed E-state index contributed by atoms with van der Waals surface area (Å²) in [5.74, 6) is 0. The smallest absolute Gasteiger partial charge is 0.0886 e. The van der Waals surface area contributed by atoms with Gasteiger partial charge in [0.2, 0.25) is 0 Å². The van der Waals surface area contributed by atoms with E-state index in [1.807, 2.05) is 67.9 Å². The Hall–Kier alpha value is -2.74. The highest BCUT2D eigenvalue weighted by Gasteiger charge is 1.98. The number of benzene rings is 2.